The molecule has 1 aromatic carbocycles. The molecule has 1 saturated heterocycles. The van der Waals surface area contributed by atoms with Gasteiger partial charge in [-0.05, 0) is 44.2 Å². The summed E-state index contributed by atoms with van der Waals surface area (Å²) >= 11 is 0. The molecule has 3 aliphatic carbocycles. The zero-order valence-electron chi connectivity index (χ0n) is 13.5. The van der Waals surface area contributed by atoms with E-state index in [2.05, 4.69) is 13.0 Å². The second-order valence-corrected chi connectivity index (χ2v) is 9.23. The molecule has 0 unspecified atom stereocenters. The summed E-state index contributed by atoms with van der Waals surface area (Å²) < 4.78 is 27.4. The lowest BCUT2D eigenvalue weighted by atomic mass is 9.57. The largest absolute Gasteiger partial charge is 0.299 e. The van der Waals surface area contributed by atoms with Crippen molar-refractivity contribution < 1.29 is 13.2 Å². The first kappa shape index (κ1) is 15.1. The van der Waals surface area contributed by atoms with Gasteiger partial charge < -0.3 is 0 Å². The highest BCUT2D eigenvalue weighted by Crippen LogP contribution is 2.54. The number of carbonyl (C=O) groups excluding carboxylic acids is 1. The monoisotopic (exact) mass is 331 g/mol. The van der Waals surface area contributed by atoms with E-state index in [0.29, 0.717) is 30.3 Å². The van der Waals surface area contributed by atoms with Gasteiger partial charge in [0.2, 0.25) is 10.0 Å². The average molecular weight is 331 g/mol. The molecule has 4 aliphatic rings. The zero-order valence-corrected chi connectivity index (χ0v) is 14.3. The number of Topliss-reactive ketones (excluding diaryl/α,β-unsaturated/α-hetero) is 1. The van der Waals surface area contributed by atoms with Crippen molar-refractivity contribution in [3.05, 3.63) is 41.5 Å². The number of allylic oxidation sites excluding steroid dienone is 1. The Bertz CT molecular complexity index is 809. The van der Waals surface area contributed by atoms with Crippen molar-refractivity contribution in [3.63, 3.8) is 0 Å². The second-order valence-electron chi connectivity index (χ2n) is 7.30. The maximum Gasteiger partial charge on any atom is 0.243 e. The number of hydrogen-bond donors (Lipinski definition) is 0. The molecule has 1 aliphatic heterocycles. The van der Waals surface area contributed by atoms with Crippen LogP contribution >= 0.6 is 0 Å². The predicted octanol–water partition coefficient (Wildman–Crippen LogP) is 2.54. The smallest absolute Gasteiger partial charge is 0.243 e. The molecule has 122 valence electrons. The molecule has 0 aromatic heterocycles. The minimum atomic E-state index is -3.53. The Kier molecular flexibility index (Phi) is 3.13. The standard InChI is InChI=1S/C18H21NO3S/c1-12-3-5-16(6-4-12)23(21,22)19-10-15-7-14-8-17(20)18(15,11-19)9-13(14)2/h3-6,9,14-15H,7-8,10-11H2,1-2H3/t14-,15-,18-/m1/s1. The van der Waals surface area contributed by atoms with Crippen molar-refractivity contribution in [2.45, 2.75) is 31.6 Å². The van der Waals surface area contributed by atoms with Crippen LogP contribution in [0.5, 0.6) is 0 Å². The van der Waals surface area contributed by atoms with E-state index in [4.69, 9.17) is 0 Å². The number of aryl methyl sites for hydroxylation is 1. The van der Waals surface area contributed by atoms with Gasteiger partial charge >= 0.3 is 0 Å². The van der Waals surface area contributed by atoms with Crippen molar-refractivity contribution in [1.82, 2.24) is 4.31 Å². The lowest BCUT2D eigenvalue weighted by Gasteiger charge is -2.44. The van der Waals surface area contributed by atoms with Crippen LogP contribution in [0.25, 0.3) is 0 Å². The van der Waals surface area contributed by atoms with E-state index in [1.807, 2.05) is 19.1 Å². The Morgan fingerprint density at radius 2 is 1.87 bits per heavy atom. The molecule has 23 heavy (non-hydrogen) atoms. The van der Waals surface area contributed by atoms with Crippen LogP contribution in [0.1, 0.15) is 25.3 Å². The van der Waals surface area contributed by atoms with Crippen LogP contribution in [0.2, 0.25) is 0 Å². The van der Waals surface area contributed by atoms with Gasteiger partial charge in [-0.2, -0.15) is 4.31 Å². The van der Waals surface area contributed by atoms with Crippen molar-refractivity contribution >= 4 is 15.8 Å². The van der Waals surface area contributed by atoms with E-state index < -0.39 is 15.4 Å². The van der Waals surface area contributed by atoms with Gasteiger partial charge in [-0.3, -0.25) is 4.79 Å². The molecule has 5 rings (SSSR count). The Morgan fingerprint density at radius 3 is 2.57 bits per heavy atom. The van der Waals surface area contributed by atoms with Gasteiger partial charge in [0.25, 0.3) is 0 Å². The average Bonchev–Trinajstić information content (AvgIpc) is 2.88. The summed E-state index contributed by atoms with van der Waals surface area (Å²) in [5.74, 6) is 0.681. The molecule has 1 aromatic rings. The highest BCUT2D eigenvalue weighted by Gasteiger charge is 2.58. The first-order chi connectivity index (χ1) is 10.8. The van der Waals surface area contributed by atoms with Crippen LogP contribution in [0, 0.1) is 24.2 Å². The van der Waals surface area contributed by atoms with Crippen LogP contribution in [0.4, 0.5) is 0 Å². The summed E-state index contributed by atoms with van der Waals surface area (Å²) in [4.78, 5) is 12.9. The number of carbonyl (C=O) groups is 1. The summed E-state index contributed by atoms with van der Waals surface area (Å²) in [5.41, 5.74) is 1.72. The molecular weight excluding hydrogens is 310 g/mol. The lowest BCUT2D eigenvalue weighted by molar-refractivity contribution is -0.132. The first-order valence-electron chi connectivity index (χ1n) is 8.12. The molecule has 2 bridgehead atoms. The van der Waals surface area contributed by atoms with E-state index >= 15 is 0 Å². The van der Waals surface area contributed by atoms with Crippen LogP contribution in [-0.4, -0.2) is 31.6 Å². The summed E-state index contributed by atoms with van der Waals surface area (Å²) in [6.07, 6.45) is 3.59. The number of ketones is 1. The van der Waals surface area contributed by atoms with Crippen LogP contribution in [-0.2, 0) is 14.8 Å². The van der Waals surface area contributed by atoms with E-state index in [-0.39, 0.29) is 11.7 Å². The van der Waals surface area contributed by atoms with Gasteiger partial charge in [-0.15, -0.1) is 0 Å². The number of nitrogens with zero attached hydrogens (tertiary/aromatic N) is 1. The Labute approximate surface area is 137 Å². The molecule has 1 spiro atoms. The van der Waals surface area contributed by atoms with Crippen molar-refractivity contribution in [2.24, 2.45) is 17.3 Å². The minimum Gasteiger partial charge on any atom is -0.299 e. The number of benzene rings is 1. The topological polar surface area (TPSA) is 54.5 Å². The van der Waals surface area contributed by atoms with Crippen molar-refractivity contribution in [3.8, 4) is 0 Å². The SMILES string of the molecule is CC1=C[C@@]23CN(S(=O)(=O)c4ccc(C)cc4)C[C@H]2C[C@@H]1CC3=O. The Morgan fingerprint density at radius 1 is 1.17 bits per heavy atom. The molecular formula is C18H21NO3S. The molecule has 5 heteroatoms. The Hall–Kier alpha value is -1.46. The normalized spacial score (nSPS) is 33.7. The fourth-order valence-electron chi connectivity index (χ4n) is 4.49. The van der Waals surface area contributed by atoms with Gasteiger partial charge in [0.15, 0.2) is 0 Å². The van der Waals surface area contributed by atoms with Crippen LogP contribution < -0.4 is 0 Å². The van der Waals surface area contributed by atoms with Crippen molar-refractivity contribution in [2.75, 3.05) is 13.1 Å². The maximum absolute atomic E-state index is 12.9. The van der Waals surface area contributed by atoms with Crippen LogP contribution in [0.3, 0.4) is 0 Å². The quantitative estimate of drug-likeness (QED) is 0.783. The maximum atomic E-state index is 12.9. The highest BCUT2D eigenvalue weighted by molar-refractivity contribution is 7.89. The molecule has 1 saturated carbocycles. The molecule has 0 N–H and O–H groups in total. The summed E-state index contributed by atoms with van der Waals surface area (Å²) in [6.45, 7) is 4.77. The first-order valence-corrected chi connectivity index (χ1v) is 9.56. The van der Waals surface area contributed by atoms with Gasteiger partial charge in [0, 0.05) is 19.5 Å². The third-order valence-corrected chi connectivity index (χ3v) is 7.72. The van der Waals surface area contributed by atoms with E-state index in [1.54, 1.807) is 12.1 Å². The zero-order chi connectivity index (χ0) is 16.4. The predicted molar refractivity (Wildman–Crippen MR) is 87.3 cm³/mol. The number of hydrogen-bond acceptors (Lipinski definition) is 3. The number of fused-ring (bicyclic) bond motifs is 1. The molecule has 2 fully saturated rings. The third-order valence-electron chi connectivity index (χ3n) is 5.90. The van der Waals surface area contributed by atoms with Gasteiger partial charge in [0.1, 0.15) is 5.78 Å². The fourth-order valence-corrected chi connectivity index (χ4v) is 6.03. The highest BCUT2D eigenvalue weighted by atomic mass is 32.2. The van der Waals surface area contributed by atoms with Crippen LogP contribution in [0.15, 0.2) is 40.8 Å². The second kappa shape index (κ2) is 4.77. The minimum absolute atomic E-state index is 0.137. The molecule has 0 amide bonds. The summed E-state index contributed by atoms with van der Waals surface area (Å²) in [5, 5.41) is 0. The van der Waals surface area contributed by atoms with E-state index in [1.165, 1.54) is 9.88 Å². The lowest BCUT2D eigenvalue weighted by Crippen LogP contribution is -2.47. The van der Waals surface area contributed by atoms with Crippen molar-refractivity contribution in [1.29, 1.82) is 0 Å². The molecule has 4 nitrogen and oxygen atoms in total. The summed E-state index contributed by atoms with van der Waals surface area (Å²) in [7, 11) is -3.53. The Balaban J connectivity index is 1.71. The fraction of sp³-hybridized carbons (Fsp3) is 0.500. The van der Waals surface area contributed by atoms with Gasteiger partial charge in [0.05, 0.1) is 10.3 Å². The summed E-state index contributed by atoms with van der Waals surface area (Å²) in [6, 6.07) is 6.94. The number of rotatable bonds is 2. The van der Waals surface area contributed by atoms with E-state index in [0.717, 1.165) is 12.0 Å². The molecule has 0 radical (unpaired) electrons. The third kappa shape index (κ3) is 2.06. The molecule has 3 atom stereocenters. The molecule has 1 heterocycles. The number of sulfonamides is 1. The van der Waals surface area contributed by atoms with Gasteiger partial charge in [-0.25, -0.2) is 8.42 Å². The van der Waals surface area contributed by atoms with Gasteiger partial charge in [-0.1, -0.05) is 29.3 Å². The van der Waals surface area contributed by atoms with E-state index in [9.17, 15) is 13.2 Å².